The van der Waals surface area contributed by atoms with Crippen molar-refractivity contribution in [3.05, 3.63) is 106 Å². The van der Waals surface area contributed by atoms with E-state index in [4.69, 9.17) is 9.47 Å². The van der Waals surface area contributed by atoms with E-state index < -0.39 is 11.6 Å². The first-order valence-electron chi connectivity index (χ1n) is 11.1. The van der Waals surface area contributed by atoms with E-state index in [1.54, 1.807) is 32.4 Å². The van der Waals surface area contributed by atoms with E-state index in [0.717, 1.165) is 16.7 Å². The lowest BCUT2D eigenvalue weighted by molar-refractivity contribution is 0.415. The minimum absolute atomic E-state index is 0.382. The summed E-state index contributed by atoms with van der Waals surface area (Å²) in [5.74, 6) is 0.553. The summed E-state index contributed by atoms with van der Waals surface area (Å²) >= 11 is 6.77. The van der Waals surface area contributed by atoms with Crippen LogP contribution in [0, 0.1) is 11.6 Å². The smallest absolute Gasteiger partial charge is 0.132 e. The third-order valence-corrected chi connectivity index (χ3v) is 7.15. The molecule has 0 heterocycles. The molecule has 0 aliphatic heterocycles. The molecule has 0 atom stereocenters. The molecule has 36 heavy (non-hydrogen) atoms. The Kier molecular flexibility index (Phi) is 6.82. The lowest BCUT2D eigenvalue weighted by Crippen LogP contribution is -1.90. The molecule has 2 aliphatic carbocycles. The minimum Gasteiger partial charge on any atom is -0.497 e. The van der Waals surface area contributed by atoms with Gasteiger partial charge in [-0.2, -0.15) is 0 Å². The summed E-state index contributed by atoms with van der Waals surface area (Å²) in [5.41, 5.74) is 5.00. The van der Waals surface area contributed by atoms with E-state index in [2.05, 4.69) is 31.9 Å². The Morgan fingerprint density at radius 1 is 0.500 bits per heavy atom. The number of methoxy groups -OCH3 is 2. The summed E-state index contributed by atoms with van der Waals surface area (Å²) in [6.07, 6.45) is 0. The maximum atomic E-state index is 15.9. The van der Waals surface area contributed by atoms with Crippen molar-refractivity contribution in [2.75, 3.05) is 14.2 Å². The number of ether oxygens (including phenoxy) is 2. The van der Waals surface area contributed by atoms with E-state index in [0.29, 0.717) is 48.3 Å². The van der Waals surface area contributed by atoms with Crippen molar-refractivity contribution in [1.29, 1.82) is 0 Å². The Bertz CT molecular complexity index is 1530. The molecule has 0 saturated heterocycles. The molecular weight excluding hydrogens is 590 g/mol. The first-order chi connectivity index (χ1) is 17.4. The zero-order chi connectivity index (χ0) is 25.4. The molecule has 0 bridgehead atoms. The molecule has 0 saturated carbocycles. The molecule has 0 unspecified atom stereocenters. The number of hydrogen-bond acceptors (Lipinski definition) is 2. The van der Waals surface area contributed by atoms with Crippen molar-refractivity contribution >= 4 is 31.9 Å². The monoisotopic (exact) mass is 608 g/mol. The van der Waals surface area contributed by atoms with Crippen LogP contribution in [0.15, 0.2) is 93.9 Å². The number of halogens is 4. The Labute approximate surface area is 225 Å². The van der Waals surface area contributed by atoms with Crippen LogP contribution in [0.4, 0.5) is 8.78 Å². The summed E-state index contributed by atoms with van der Waals surface area (Å²) in [6, 6.07) is 24.9. The normalized spacial score (nSPS) is 11.1. The summed E-state index contributed by atoms with van der Waals surface area (Å²) in [6.45, 7) is 0. The van der Waals surface area contributed by atoms with E-state index in [-0.39, 0.29) is 0 Å². The van der Waals surface area contributed by atoms with Gasteiger partial charge in [-0.05, 0) is 70.8 Å². The second-order valence-electron chi connectivity index (χ2n) is 8.21. The van der Waals surface area contributed by atoms with Crippen molar-refractivity contribution in [3.63, 3.8) is 0 Å². The van der Waals surface area contributed by atoms with Gasteiger partial charge in [-0.15, -0.1) is 0 Å². The average Bonchev–Trinajstić information content (AvgIpc) is 3.14. The SMILES string of the molecule is COc1ccc(-c2c3ccc(Br)cc(F)c-3c(-c3ccc(OC)cc3)c2-c2ccc(Br)cc2F)cc1. The van der Waals surface area contributed by atoms with Crippen LogP contribution in [0.25, 0.3) is 44.5 Å². The largest absolute Gasteiger partial charge is 0.497 e. The molecule has 0 N–H and O–H groups in total. The van der Waals surface area contributed by atoms with Gasteiger partial charge in [-0.3, -0.25) is 0 Å². The highest BCUT2D eigenvalue weighted by atomic mass is 79.9. The van der Waals surface area contributed by atoms with Crippen LogP contribution >= 0.6 is 31.9 Å². The molecule has 3 aromatic rings. The van der Waals surface area contributed by atoms with E-state index in [9.17, 15) is 0 Å². The van der Waals surface area contributed by atoms with Gasteiger partial charge in [0.15, 0.2) is 0 Å². The second kappa shape index (κ2) is 10.0. The summed E-state index contributed by atoms with van der Waals surface area (Å²) in [4.78, 5) is 0. The maximum Gasteiger partial charge on any atom is 0.132 e. The molecule has 3 aromatic carbocycles. The number of hydrogen-bond donors (Lipinski definition) is 0. The van der Waals surface area contributed by atoms with Crippen LogP contribution in [0.3, 0.4) is 0 Å². The molecular formula is C30H20Br2F2O2. The van der Waals surface area contributed by atoms with Gasteiger partial charge >= 0.3 is 0 Å². The Morgan fingerprint density at radius 2 is 0.972 bits per heavy atom. The second-order valence-corrected chi connectivity index (χ2v) is 10.0. The highest BCUT2D eigenvalue weighted by Crippen LogP contribution is 2.54. The van der Waals surface area contributed by atoms with Gasteiger partial charge in [0.2, 0.25) is 0 Å². The Morgan fingerprint density at radius 3 is 1.47 bits per heavy atom. The van der Waals surface area contributed by atoms with Crippen molar-refractivity contribution in [1.82, 2.24) is 0 Å². The highest BCUT2D eigenvalue weighted by molar-refractivity contribution is 9.10. The molecule has 0 spiro atoms. The molecule has 180 valence electrons. The third-order valence-electron chi connectivity index (χ3n) is 6.16. The molecule has 0 amide bonds. The first kappa shape index (κ1) is 24.5. The van der Waals surface area contributed by atoms with Gasteiger partial charge in [0.25, 0.3) is 0 Å². The summed E-state index contributed by atoms with van der Waals surface area (Å²) in [5, 5.41) is 0. The maximum absolute atomic E-state index is 15.9. The Balaban J connectivity index is 1.97. The number of benzene rings is 3. The molecule has 2 aliphatic rings. The zero-order valence-electron chi connectivity index (χ0n) is 19.4. The highest BCUT2D eigenvalue weighted by Gasteiger charge is 2.29. The molecule has 0 fully saturated rings. The van der Waals surface area contributed by atoms with E-state index in [1.165, 1.54) is 12.1 Å². The lowest BCUT2D eigenvalue weighted by atomic mass is 9.92. The van der Waals surface area contributed by atoms with Crippen LogP contribution in [0.5, 0.6) is 11.5 Å². The predicted molar refractivity (Wildman–Crippen MR) is 148 cm³/mol. The third kappa shape index (κ3) is 4.40. The van der Waals surface area contributed by atoms with Crippen LogP contribution < -0.4 is 9.47 Å². The molecule has 5 rings (SSSR count). The van der Waals surface area contributed by atoms with Crippen LogP contribution in [-0.4, -0.2) is 14.2 Å². The van der Waals surface area contributed by atoms with Gasteiger partial charge in [0.05, 0.1) is 14.2 Å². The standard InChI is InChI=1S/C30H20Br2F2O2/c1-35-21-9-3-17(4-10-21)27-24-14-8-20(32)16-26(34)29(24)28(18-5-11-22(36-2)12-6-18)30(27)23-13-7-19(31)15-25(23)33/h3-16H,1-2H3. The van der Waals surface area contributed by atoms with Gasteiger partial charge in [-0.25, -0.2) is 8.78 Å². The molecule has 6 heteroatoms. The van der Waals surface area contributed by atoms with Gasteiger partial charge in [0.1, 0.15) is 23.1 Å². The molecule has 0 radical (unpaired) electrons. The number of fused-ring (bicyclic) bond motifs is 1. The van der Waals surface area contributed by atoms with Crippen LogP contribution in [-0.2, 0) is 0 Å². The number of rotatable bonds is 5. The van der Waals surface area contributed by atoms with Crippen molar-refractivity contribution < 1.29 is 18.3 Å². The molecule has 2 nitrogen and oxygen atoms in total. The summed E-state index contributed by atoms with van der Waals surface area (Å²) in [7, 11) is 3.19. The average molecular weight is 610 g/mol. The fourth-order valence-electron chi connectivity index (χ4n) is 4.53. The zero-order valence-corrected chi connectivity index (χ0v) is 22.6. The Hall–Kier alpha value is -3.22. The van der Waals surface area contributed by atoms with Gasteiger partial charge < -0.3 is 9.47 Å². The van der Waals surface area contributed by atoms with Crippen LogP contribution in [0.1, 0.15) is 0 Å². The van der Waals surface area contributed by atoms with E-state index >= 15 is 8.78 Å². The predicted octanol–water partition coefficient (Wildman–Crippen LogP) is 9.61. The van der Waals surface area contributed by atoms with E-state index in [1.807, 2.05) is 54.6 Å². The van der Waals surface area contributed by atoms with Crippen molar-refractivity contribution in [2.45, 2.75) is 0 Å². The van der Waals surface area contributed by atoms with Gasteiger partial charge in [-0.1, -0.05) is 68.3 Å². The van der Waals surface area contributed by atoms with Crippen molar-refractivity contribution in [2.24, 2.45) is 0 Å². The topological polar surface area (TPSA) is 18.5 Å². The quantitative estimate of drug-likeness (QED) is 0.197. The molecule has 0 aromatic heterocycles. The fourth-order valence-corrected chi connectivity index (χ4v) is 5.20. The first-order valence-corrected chi connectivity index (χ1v) is 12.7. The summed E-state index contributed by atoms with van der Waals surface area (Å²) < 4.78 is 43.4. The van der Waals surface area contributed by atoms with Crippen molar-refractivity contribution in [3.8, 4) is 56.0 Å². The van der Waals surface area contributed by atoms with Gasteiger partial charge in [0, 0.05) is 31.2 Å². The fraction of sp³-hybridized carbons (Fsp3) is 0.0667. The lowest BCUT2D eigenvalue weighted by Gasteiger charge is -2.12. The van der Waals surface area contributed by atoms with Crippen LogP contribution in [0.2, 0.25) is 0 Å². The minimum atomic E-state index is -0.411.